The molecular formula is C7H9BrN2. The SMILES string of the molecule is CNc1cc(N)cc(Br)c1. The Morgan fingerprint density at radius 1 is 1.40 bits per heavy atom. The van der Waals surface area contributed by atoms with Crippen molar-refractivity contribution < 1.29 is 0 Å². The van der Waals surface area contributed by atoms with Crippen molar-refractivity contribution in [1.29, 1.82) is 0 Å². The summed E-state index contributed by atoms with van der Waals surface area (Å²) in [6.45, 7) is 0. The van der Waals surface area contributed by atoms with E-state index in [-0.39, 0.29) is 0 Å². The first-order valence-electron chi connectivity index (χ1n) is 2.96. The molecule has 0 atom stereocenters. The van der Waals surface area contributed by atoms with E-state index < -0.39 is 0 Å². The molecule has 0 radical (unpaired) electrons. The van der Waals surface area contributed by atoms with Gasteiger partial charge < -0.3 is 11.1 Å². The Balaban J connectivity index is 3.06. The number of nitrogen functional groups attached to an aromatic ring is 1. The third kappa shape index (κ3) is 1.64. The van der Waals surface area contributed by atoms with Crippen LogP contribution in [0.4, 0.5) is 11.4 Å². The topological polar surface area (TPSA) is 38.0 Å². The molecule has 1 aromatic carbocycles. The van der Waals surface area contributed by atoms with Gasteiger partial charge in [0.05, 0.1) is 0 Å². The Kier molecular flexibility index (Phi) is 2.17. The molecule has 3 N–H and O–H groups in total. The van der Waals surface area contributed by atoms with E-state index in [1.807, 2.05) is 25.2 Å². The first-order valence-corrected chi connectivity index (χ1v) is 3.75. The second-order valence-electron chi connectivity index (χ2n) is 2.02. The van der Waals surface area contributed by atoms with E-state index in [1.165, 1.54) is 0 Å². The van der Waals surface area contributed by atoms with Crippen molar-refractivity contribution in [2.45, 2.75) is 0 Å². The zero-order valence-corrected chi connectivity index (χ0v) is 7.27. The average Bonchev–Trinajstić information content (AvgIpc) is 1.85. The molecule has 1 rings (SSSR count). The van der Waals surface area contributed by atoms with Gasteiger partial charge in [-0.15, -0.1) is 0 Å². The van der Waals surface area contributed by atoms with E-state index in [0.717, 1.165) is 15.8 Å². The van der Waals surface area contributed by atoms with Crippen LogP contribution in [0.1, 0.15) is 0 Å². The normalized spacial score (nSPS) is 9.40. The van der Waals surface area contributed by atoms with Crippen LogP contribution in [-0.4, -0.2) is 7.05 Å². The van der Waals surface area contributed by atoms with E-state index in [0.29, 0.717) is 0 Å². The fourth-order valence-corrected chi connectivity index (χ4v) is 1.27. The number of halogens is 1. The summed E-state index contributed by atoms with van der Waals surface area (Å²) in [5.41, 5.74) is 7.35. The predicted octanol–water partition coefficient (Wildman–Crippen LogP) is 2.07. The summed E-state index contributed by atoms with van der Waals surface area (Å²) in [4.78, 5) is 0. The molecule has 0 saturated carbocycles. The number of nitrogens with two attached hydrogens (primary N) is 1. The third-order valence-electron chi connectivity index (χ3n) is 1.21. The molecule has 0 aliphatic rings. The molecular weight excluding hydrogens is 192 g/mol. The number of benzene rings is 1. The van der Waals surface area contributed by atoms with Crippen LogP contribution < -0.4 is 11.1 Å². The highest BCUT2D eigenvalue weighted by molar-refractivity contribution is 9.10. The Morgan fingerprint density at radius 2 is 2.10 bits per heavy atom. The molecule has 0 heterocycles. The molecule has 0 bridgehead atoms. The van der Waals surface area contributed by atoms with Crippen LogP contribution in [0.5, 0.6) is 0 Å². The van der Waals surface area contributed by atoms with Gasteiger partial charge >= 0.3 is 0 Å². The quantitative estimate of drug-likeness (QED) is 0.682. The van der Waals surface area contributed by atoms with Gasteiger partial charge in [0.15, 0.2) is 0 Å². The summed E-state index contributed by atoms with van der Waals surface area (Å²) in [5, 5.41) is 3.00. The molecule has 0 aliphatic carbocycles. The third-order valence-corrected chi connectivity index (χ3v) is 1.67. The molecule has 0 aliphatic heterocycles. The van der Waals surface area contributed by atoms with Gasteiger partial charge in [-0.05, 0) is 18.2 Å². The van der Waals surface area contributed by atoms with Crippen LogP contribution >= 0.6 is 15.9 Å². The molecule has 0 fully saturated rings. The summed E-state index contributed by atoms with van der Waals surface area (Å²) in [6, 6.07) is 5.71. The van der Waals surface area contributed by atoms with Crippen LogP contribution in [0.2, 0.25) is 0 Å². The van der Waals surface area contributed by atoms with Crippen LogP contribution in [0.3, 0.4) is 0 Å². The summed E-state index contributed by atoms with van der Waals surface area (Å²) < 4.78 is 0.997. The van der Waals surface area contributed by atoms with E-state index in [9.17, 15) is 0 Å². The van der Waals surface area contributed by atoms with Crippen molar-refractivity contribution in [3.8, 4) is 0 Å². The fraction of sp³-hybridized carbons (Fsp3) is 0.143. The number of anilines is 2. The van der Waals surface area contributed by atoms with Gasteiger partial charge in [0, 0.05) is 22.9 Å². The zero-order valence-electron chi connectivity index (χ0n) is 5.69. The highest BCUT2D eigenvalue weighted by Crippen LogP contribution is 2.19. The summed E-state index contributed by atoms with van der Waals surface area (Å²) in [5.74, 6) is 0. The number of rotatable bonds is 1. The van der Waals surface area contributed by atoms with E-state index in [1.54, 1.807) is 0 Å². The first kappa shape index (κ1) is 7.41. The van der Waals surface area contributed by atoms with Crippen LogP contribution in [-0.2, 0) is 0 Å². The van der Waals surface area contributed by atoms with Crippen LogP contribution in [0.15, 0.2) is 22.7 Å². The lowest BCUT2D eigenvalue weighted by Gasteiger charge is -2.01. The predicted molar refractivity (Wildman–Crippen MR) is 48.1 cm³/mol. The highest BCUT2D eigenvalue weighted by atomic mass is 79.9. The minimum atomic E-state index is 0.763. The highest BCUT2D eigenvalue weighted by Gasteiger charge is 1.92. The molecule has 0 amide bonds. The molecule has 0 aromatic heterocycles. The summed E-state index contributed by atoms with van der Waals surface area (Å²) in [7, 11) is 1.86. The van der Waals surface area contributed by atoms with Crippen molar-refractivity contribution in [3.63, 3.8) is 0 Å². The summed E-state index contributed by atoms with van der Waals surface area (Å²) >= 11 is 3.33. The van der Waals surface area contributed by atoms with Crippen LogP contribution in [0.25, 0.3) is 0 Å². The minimum Gasteiger partial charge on any atom is -0.399 e. The average molecular weight is 201 g/mol. The van der Waals surface area contributed by atoms with Gasteiger partial charge in [-0.25, -0.2) is 0 Å². The first-order chi connectivity index (χ1) is 4.72. The summed E-state index contributed by atoms with van der Waals surface area (Å²) in [6.07, 6.45) is 0. The number of hydrogen-bond acceptors (Lipinski definition) is 2. The second-order valence-corrected chi connectivity index (χ2v) is 2.94. The van der Waals surface area contributed by atoms with Gasteiger partial charge in [0.1, 0.15) is 0 Å². The lowest BCUT2D eigenvalue weighted by atomic mass is 10.3. The van der Waals surface area contributed by atoms with Crippen LogP contribution in [0, 0.1) is 0 Å². The maximum absolute atomic E-state index is 5.56. The Morgan fingerprint density at radius 3 is 2.60 bits per heavy atom. The van der Waals surface area contributed by atoms with Gasteiger partial charge in [0.2, 0.25) is 0 Å². The molecule has 3 heteroatoms. The van der Waals surface area contributed by atoms with E-state index >= 15 is 0 Å². The maximum atomic E-state index is 5.56. The monoisotopic (exact) mass is 200 g/mol. The number of hydrogen-bond donors (Lipinski definition) is 2. The van der Waals surface area contributed by atoms with E-state index in [2.05, 4.69) is 21.2 Å². The molecule has 1 aromatic rings. The lowest BCUT2D eigenvalue weighted by Crippen LogP contribution is -1.90. The minimum absolute atomic E-state index is 0.763. The number of nitrogens with one attached hydrogen (secondary N) is 1. The molecule has 0 spiro atoms. The Bertz CT molecular complexity index is 215. The Labute approximate surface area is 68.6 Å². The molecule has 54 valence electrons. The van der Waals surface area contributed by atoms with E-state index in [4.69, 9.17) is 5.73 Å². The van der Waals surface area contributed by atoms with Gasteiger partial charge in [-0.2, -0.15) is 0 Å². The standard InChI is InChI=1S/C7H9BrN2/c1-10-7-3-5(8)2-6(9)4-7/h2-4,10H,9H2,1H3. The van der Waals surface area contributed by atoms with Crippen molar-refractivity contribution in [2.75, 3.05) is 18.1 Å². The molecule has 2 nitrogen and oxygen atoms in total. The van der Waals surface area contributed by atoms with Crippen molar-refractivity contribution >= 4 is 27.3 Å². The molecule has 0 unspecified atom stereocenters. The second kappa shape index (κ2) is 2.92. The van der Waals surface area contributed by atoms with Gasteiger partial charge in [-0.1, -0.05) is 15.9 Å². The van der Waals surface area contributed by atoms with Crippen molar-refractivity contribution in [1.82, 2.24) is 0 Å². The van der Waals surface area contributed by atoms with Gasteiger partial charge in [0.25, 0.3) is 0 Å². The molecule has 0 saturated heterocycles. The van der Waals surface area contributed by atoms with Crippen molar-refractivity contribution in [2.24, 2.45) is 0 Å². The largest absolute Gasteiger partial charge is 0.399 e. The zero-order chi connectivity index (χ0) is 7.56. The van der Waals surface area contributed by atoms with Gasteiger partial charge in [-0.3, -0.25) is 0 Å². The maximum Gasteiger partial charge on any atom is 0.0369 e. The smallest absolute Gasteiger partial charge is 0.0369 e. The Hall–Kier alpha value is -0.700. The lowest BCUT2D eigenvalue weighted by molar-refractivity contribution is 1.50. The molecule has 10 heavy (non-hydrogen) atoms. The van der Waals surface area contributed by atoms with Crippen molar-refractivity contribution in [3.05, 3.63) is 22.7 Å². The fourth-order valence-electron chi connectivity index (χ4n) is 0.757.